The second-order valence-electron chi connectivity index (χ2n) is 5.16. The maximum atomic E-state index is 12.7. The molecule has 1 atom stereocenters. The summed E-state index contributed by atoms with van der Waals surface area (Å²) in [4.78, 5) is 4.16. The van der Waals surface area contributed by atoms with Gasteiger partial charge in [0.15, 0.2) is 5.03 Å². The Morgan fingerprint density at radius 2 is 2.10 bits per heavy atom. The summed E-state index contributed by atoms with van der Waals surface area (Å²) in [5.74, 6) is 0.691. The highest BCUT2D eigenvalue weighted by Crippen LogP contribution is 2.30. The lowest BCUT2D eigenvalue weighted by Crippen LogP contribution is -2.40. The molecule has 0 saturated heterocycles. The molecule has 1 aliphatic heterocycles. The second kappa shape index (κ2) is 4.46. The highest BCUT2D eigenvalue weighted by Gasteiger charge is 2.35. The van der Waals surface area contributed by atoms with Gasteiger partial charge in [-0.25, -0.2) is 13.4 Å². The van der Waals surface area contributed by atoms with Crippen LogP contribution in [0.5, 0.6) is 0 Å². The summed E-state index contributed by atoms with van der Waals surface area (Å²) >= 11 is 0. The van der Waals surface area contributed by atoms with Crippen molar-refractivity contribution in [3.05, 3.63) is 36.0 Å². The van der Waals surface area contributed by atoms with Gasteiger partial charge in [-0.1, -0.05) is 0 Å². The molecule has 1 unspecified atom stereocenters. The van der Waals surface area contributed by atoms with Crippen LogP contribution in [0.15, 0.2) is 29.6 Å². The normalized spacial score (nSPS) is 20.1. The van der Waals surface area contributed by atoms with Gasteiger partial charge >= 0.3 is 0 Å². The van der Waals surface area contributed by atoms with E-state index in [9.17, 15) is 8.42 Å². The number of nitrogens with zero attached hydrogens (tertiary/aromatic N) is 4. The van der Waals surface area contributed by atoms with Crippen molar-refractivity contribution in [2.75, 3.05) is 6.54 Å². The van der Waals surface area contributed by atoms with Crippen LogP contribution in [0.2, 0.25) is 0 Å². The van der Waals surface area contributed by atoms with Crippen molar-refractivity contribution in [3.63, 3.8) is 0 Å². The van der Waals surface area contributed by atoms with Crippen molar-refractivity contribution in [2.45, 2.75) is 31.5 Å². The summed E-state index contributed by atoms with van der Waals surface area (Å²) in [7, 11) is -1.75. The molecule has 0 radical (unpaired) electrons. The Kier molecular flexibility index (Phi) is 2.98. The van der Waals surface area contributed by atoms with E-state index in [-0.39, 0.29) is 11.1 Å². The summed E-state index contributed by atoms with van der Waals surface area (Å²) in [6.07, 6.45) is 3.56. The lowest BCUT2D eigenvalue weighted by atomic mass is 10.2. The molecular weight excluding hydrogens is 276 g/mol. The van der Waals surface area contributed by atoms with E-state index in [2.05, 4.69) is 9.55 Å². The van der Waals surface area contributed by atoms with Gasteiger partial charge in [0.05, 0.1) is 6.04 Å². The van der Waals surface area contributed by atoms with Crippen LogP contribution in [0.1, 0.15) is 24.5 Å². The van der Waals surface area contributed by atoms with Crippen LogP contribution in [0.25, 0.3) is 0 Å². The fourth-order valence-corrected chi connectivity index (χ4v) is 4.28. The molecule has 2 aromatic heterocycles. The fraction of sp³-hybridized carbons (Fsp3) is 0.462. The van der Waals surface area contributed by atoms with Gasteiger partial charge in [-0.15, -0.1) is 0 Å². The van der Waals surface area contributed by atoms with Crippen molar-refractivity contribution in [1.82, 2.24) is 18.4 Å². The highest BCUT2D eigenvalue weighted by atomic mass is 32.2. The summed E-state index contributed by atoms with van der Waals surface area (Å²) in [6.45, 7) is 4.86. The van der Waals surface area contributed by atoms with E-state index in [4.69, 9.17) is 0 Å². The van der Waals surface area contributed by atoms with Crippen molar-refractivity contribution in [1.29, 1.82) is 0 Å². The second-order valence-corrected chi connectivity index (χ2v) is 6.99. The van der Waals surface area contributed by atoms with Gasteiger partial charge in [-0.2, -0.15) is 4.31 Å². The number of hydrogen-bond acceptors (Lipinski definition) is 3. The number of sulfonamides is 1. The Bertz CT molecular complexity index is 725. The Balaban J connectivity index is 2.01. The Morgan fingerprint density at radius 1 is 1.35 bits per heavy atom. The quantitative estimate of drug-likeness (QED) is 0.838. The van der Waals surface area contributed by atoms with Gasteiger partial charge in [0.1, 0.15) is 5.82 Å². The van der Waals surface area contributed by atoms with Crippen molar-refractivity contribution in [2.24, 2.45) is 7.05 Å². The van der Waals surface area contributed by atoms with E-state index in [1.54, 1.807) is 24.7 Å². The van der Waals surface area contributed by atoms with Gasteiger partial charge < -0.3 is 9.13 Å². The largest absolute Gasteiger partial charge is 0.349 e. The fourth-order valence-electron chi connectivity index (χ4n) is 2.66. The molecule has 0 N–H and O–H groups in total. The molecular formula is C13H18N4O2S. The lowest BCUT2D eigenvalue weighted by Gasteiger charge is -2.33. The average Bonchev–Trinajstić information content (AvgIpc) is 2.98. The molecule has 2 aromatic rings. The van der Waals surface area contributed by atoms with Crippen LogP contribution in [0.4, 0.5) is 0 Å². The predicted molar refractivity (Wildman–Crippen MR) is 74.7 cm³/mol. The van der Waals surface area contributed by atoms with Crippen LogP contribution in [0.3, 0.4) is 0 Å². The third-order valence-electron chi connectivity index (χ3n) is 3.95. The number of hydrogen-bond donors (Lipinski definition) is 0. The van der Waals surface area contributed by atoms with Crippen LogP contribution < -0.4 is 0 Å². The molecule has 1 aliphatic rings. The van der Waals surface area contributed by atoms with E-state index < -0.39 is 10.0 Å². The molecule has 3 rings (SSSR count). The zero-order chi connectivity index (χ0) is 14.5. The van der Waals surface area contributed by atoms with Gasteiger partial charge in [-0.05, 0) is 26.0 Å². The van der Waals surface area contributed by atoms with E-state index in [0.29, 0.717) is 18.9 Å². The first kappa shape index (κ1) is 13.4. The van der Waals surface area contributed by atoms with Crippen LogP contribution in [0, 0.1) is 6.92 Å². The minimum absolute atomic E-state index is 0.129. The number of imidazole rings is 1. The first-order chi connectivity index (χ1) is 9.41. The minimum atomic E-state index is -3.55. The summed E-state index contributed by atoms with van der Waals surface area (Å²) in [5.41, 5.74) is 1.02. The molecule has 7 heteroatoms. The maximum Gasteiger partial charge on any atom is 0.262 e. The monoisotopic (exact) mass is 294 g/mol. The molecule has 0 fully saturated rings. The van der Waals surface area contributed by atoms with Gasteiger partial charge in [-0.3, -0.25) is 0 Å². The average molecular weight is 294 g/mol. The molecule has 20 heavy (non-hydrogen) atoms. The predicted octanol–water partition coefficient (Wildman–Crippen LogP) is 1.30. The van der Waals surface area contributed by atoms with E-state index in [1.165, 1.54) is 4.31 Å². The molecule has 3 heterocycles. The van der Waals surface area contributed by atoms with E-state index in [1.807, 2.05) is 25.3 Å². The van der Waals surface area contributed by atoms with Gasteiger partial charge in [0.25, 0.3) is 10.0 Å². The van der Waals surface area contributed by atoms with Crippen molar-refractivity contribution >= 4 is 10.0 Å². The summed E-state index contributed by atoms with van der Waals surface area (Å²) in [6, 6.07) is 3.74. The third-order valence-corrected chi connectivity index (χ3v) is 5.79. The molecule has 0 amide bonds. The lowest BCUT2D eigenvalue weighted by molar-refractivity contribution is 0.281. The number of rotatable bonds is 2. The molecule has 0 spiro atoms. The molecule has 108 valence electrons. The van der Waals surface area contributed by atoms with Crippen molar-refractivity contribution in [3.8, 4) is 0 Å². The molecule has 6 nitrogen and oxygen atoms in total. The number of aryl methyl sites for hydroxylation is 2. The SMILES string of the molecule is Cc1nc(S(=O)(=O)N2CCn3cccc3C2C)cn1C. The molecule has 0 aliphatic carbocycles. The van der Waals surface area contributed by atoms with Gasteiger partial charge in [0, 0.05) is 38.2 Å². The first-order valence-electron chi connectivity index (χ1n) is 6.58. The smallest absolute Gasteiger partial charge is 0.262 e. The first-order valence-corrected chi connectivity index (χ1v) is 8.02. The number of aromatic nitrogens is 3. The minimum Gasteiger partial charge on any atom is -0.349 e. The summed E-state index contributed by atoms with van der Waals surface area (Å²) in [5, 5.41) is 0.129. The van der Waals surface area contributed by atoms with E-state index >= 15 is 0 Å². The molecule has 0 saturated carbocycles. The molecule has 0 bridgehead atoms. The summed E-state index contributed by atoms with van der Waals surface area (Å²) < 4.78 is 30.8. The van der Waals surface area contributed by atoms with Gasteiger partial charge in [0.2, 0.25) is 0 Å². The Morgan fingerprint density at radius 3 is 2.75 bits per heavy atom. The zero-order valence-corrected chi connectivity index (χ0v) is 12.6. The topological polar surface area (TPSA) is 60.1 Å². The van der Waals surface area contributed by atoms with Crippen LogP contribution in [-0.4, -0.2) is 33.4 Å². The maximum absolute atomic E-state index is 12.7. The van der Waals surface area contributed by atoms with Crippen molar-refractivity contribution < 1.29 is 8.42 Å². The standard InChI is InChI=1S/C13H18N4O2S/c1-10-12-5-4-6-16(12)7-8-17(10)20(18,19)13-9-15(3)11(2)14-13/h4-6,9-10H,7-8H2,1-3H3. The molecule has 0 aromatic carbocycles. The Labute approximate surface area is 118 Å². The van der Waals surface area contributed by atoms with E-state index in [0.717, 1.165) is 5.69 Å². The van der Waals surface area contributed by atoms with Crippen LogP contribution >= 0.6 is 0 Å². The zero-order valence-electron chi connectivity index (χ0n) is 11.8. The van der Waals surface area contributed by atoms with Crippen LogP contribution in [-0.2, 0) is 23.6 Å². The third kappa shape index (κ3) is 1.89. The highest BCUT2D eigenvalue weighted by molar-refractivity contribution is 7.89. The number of fused-ring (bicyclic) bond motifs is 1. The Hall–Kier alpha value is -1.60.